The highest BCUT2D eigenvalue weighted by atomic mass is 35.5. The normalized spacial score (nSPS) is 17.5. The number of hydrogen-bond acceptors (Lipinski definition) is 4. The van der Waals surface area contributed by atoms with E-state index in [0.29, 0.717) is 19.4 Å². The first-order valence-corrected chi connectivity index (χ1v) is 7.27. The molecule has 1 fully saturated rings. The van der Waals surface area contributed by atoms with Crippen molar-refractivity contribution in [3.05, 3.63) is 40.9 Å². The van der Waals surface area contributed by atoms with Crippen LogP contribution in [0.25, 0.3) is 5.69 Å². The maximum absolute atomic E-state index is 14.0. The van der Waals surface area contributed by atoms with Crippen LogP contribution in [0.4, 0.5) is 4.39 Å². The maximum atomic E-state index is 14.0. The molecule has 0 spiro atoms. The van der Waals surface area contributed by atoms with E-state index in [9.17, 15) is 14.0 Å². The monoisotopic (exact) mass is 338 g/mol. The third-order valence-corrected chi connectivity index (χ3v) is 3.98. The van der Waals surface area contributed by atoms with Crippen LogP contribution >= 0.6 is 11.6 Å². The largest absolute Gasteiger partial charge is 0.480 e. The van der Waals surface area contributed by atoms with Gasteiger partial charge in [-0.15, -0.1) is 5.10 Å². The molecule has 1 atom stereocenters. The summed E-state index contributed by atoms with van der Waals surface area (Å²) < 4.78 is 15.1. The molecule has 0 radical (unpaired) electrons. The molecule has 2 aromatic rings. The fourth-order valence-corrected chi connectivity index (χ4v) is 2.73. The van der Waals surface area contributed by atoms with E-state index >= 15 is 0 Å². The third-order valence-electron chi connectivity index (χ3n) is 3.69. The molecule has 0 saturated carbocycles. The quantitative estimate of drug-likeness (QED) is 0.921. The summed E-state index contributed by atoms with van der Waals surface area (Å²) in [6.45, 7) is 0.341. The Morgan fingerprint density at radius 3 is 2.91 bits per heavy atom. The molecule has 2 heterocycles. The molecule has 1 N–H and O–H groups in total. The van der Waals surface area contributed by atoms with Crippen LogP contribution in [-0.4, -0.2) is 49.5 Å². The van der Waals surface area contributed by atoms with Crippen molar-refractivity contribution in [1.82, 2.24) is 19.9 Å². The molecule has 1 aliphatic heterocycles. The highest BCUT2D eigenvalue weighted by molar-refractivity contribution is 6.30. The molecule has 23 heavy (non-hydrogen) atoms. The van der Waals surface area contributed by atoms with E-state index in [0.717, 1.165) is 4.68 Å². The highest BCUT2D eigenvalue weighted by Crippen LogP contribution is 2.22. The van der Waals surface area contributed by atoms with Gasteiger partial charge in [-0.2, -0.15) is 0 Å². The van der Waals surface area contributed by atoms with Crippen LogP contribution < -0.4 is 0 Å². The van der Waals surface area contributed by atoms with E-state index in [1.807, 2.05) is 0 Å². The van der Waals surface area contributed by atoms with Gasteiger partial charge in [-0.1, -0.05) is 22.9 Å². The molecule has 1 aromatic heterocycles. The van der Waals surface area contributed by atoms with Crippen molar-refractivity contribution in [2.45, 2.75) is 18.9 Å². The van der Waals surface area contributed by atoms with Crippen LogP contribution in [0.1, 0.15) is 23.3 Å². The number of carboxylic acid groups (broad SMARTS) is 1. The lowest BCUT2D eigenvalue weighted by Crippen LogP contribution is -2.40. The van der Waals surface area contributed by atoms with E-state index in [-0.39, 0.29) is 16.4 Å². The Kier molecular flexibility index (Phi) is 3.99. The molecule has 9 heteroatoms. The van der Waals surface area contributed by atoms with Gasteiger partial charge in [-0.3, -0.25) is 4.79 Å². The van der Waals surface area contributed by atoms with Gasteiger partial charge in [0.1, 0.15) is 11.7 Å². The minimum Gasteiger partial charge on any atom is -0.480 e. The maximum Gasteiger partial charge on any atom is 0.326 e. The molecule has 120 valence electrons. The Morgan fingerprint density at radius 2 is 2.17 bits per heavy atom. The lowest BCUT2D eigenvalue weighted by molar-refractivity contribution is -0.141. The van der Waals surface area contributed by atoms with Gasteiger partial charge in [0, 0.05) is 6.54 Å². The number of likely N-dealkylation sites (tertiary alicyclic amines) is 1. The third kappa shape index (κ3) is 2.77. The molecule has 0 aliphatic carbocycles. The number of rotatable bonds is 3. The second-order valence-electron chi connectivity index (χ2n) is 5.12. The molecule has 3 rings (SSSR count). The minimum atomic E-state index is -1.05. The van der Waals surface area contributed by atoms with Gasteiger partial charge in [0.2, 0.25) is 0 Å². The van der Waals surface area contributed by atoms with Gasteiger partial charge >= 0.3 is 5.97 Å². The summed E-state index contributed by atoms with van der Waals surface area (Å²) >= 11 is 5.71. The summed E-state index contributed by atoms with van der Waals surface area (Å²) in [5, 5.41) is 16.5. The zero-order valence-corrected chi connectivity index (χ0v) is 12.6. The van der Waals surface area contributed by atoms with Gasteiger partial charge < -0.3 is 10.0 Å². The van der Waals surface area contributed by atoms with Crippen molar-refractivity contribution in [3.8, 4) is 5.69 Å². The number of amides is 1. The lowest BCUT2D eigenvalue weighted by Gasteiger charge is -2.19. The van der Waals surface area contributed by atoms with Crippen LogP contribution in [0.2, 0.25) is 5.02 Å². The predicted molar refractivity (Wildman–Crippen MR) is 78.0 cm³/mol. The number of benzene rings is 1. The first-order chi connectivity index (χ1) is 11.0. The Hall–Kier alpha value is -2.48. The molecule has 1 saturated heterocycles. The molecular formula is C14H12ClFN4O3. The van der Waals surface area contributed by atoms with Crippen molar-refractivity contribution in [2.75, 3.05) is 6.54 Å². The van der Waals surface area contributed by atoms with Gasteiger partial charge in [-0.25, -0.2) is 13.9 Å². The fraction of sp³-hybridized carbons (Fsp3) is 0.286. The van der Waals surface area contributed by atoms with Gasteiger partial charge in [-0.05, 0) is 25.0 Å². The van der Waals surface area contributed by atoms with Crippen molar-refractivity contribution in [2.24, 2.45) is 0 Å². The van der Waals surface area contributed by atoms with E-state index < -0.39 is 23.7 Å². The summed E-state index contributed by atoms with van der Waals surface area (Å²) in [6, 6.07) is 3.52. The summed E-state index contributed by atoms with van der Waals surface area (Å²) in [6.07, 6.45) is 2.27. The summed E-state index contributed by atoms with van der Waals surface area (Å²) in [4.78, 5) is 24.8. The van der Waals surface area contributed by atoms with E-state index in [1.54, 1.807) is 6.07 Å². The molecular weight excluding hydrogens is 327 g/mol. The van der Waals surface area contributed by atoms with Crippen LogP contribution in [0.3, 0.4) is 0 Å². The standard InChI is InChI=1S/C14H12ClFN4O3/c15-8-3-1-4-10(12(8)16)20-7-9(17-18-20)13(21)19-6-2-5-11(19)14(22)23/h1,3-4,7,11H,2,5-6H2,(H,22,23)/t11-/m0/s1. The summed E-state index contributed by atoms with van der Waals surface area (Å²) in [7, 11) is 0. The number of carboxylic acids is 1. The predicted octanol–water partition coefficient (Wildman–Crippen LogP) is 1.75. The minimum absolute atomic E-state index is 0.0440. The highest BCUT2D eigenvalue weighted by Gasteiger charge is 2.35. The second-order valence-corrected chi connectivity index (χ2v) is 5.52. The molecule has 0 bridgehead atoms. The zero-order valence-electron chi connectivity index (χ0n) is 11.8. The van der Waals surface area contributed by atoms with Gasteiger partial charge in [0.05, 0.1) is 11.2 Å². The average Bonchev–Trinajstić information content (AvgIpc) is 3.18. The van der Waals surface area contributed by atoms with Crippen LogP contribution in [0.5, 0.6) is 0 Å². The fourth-order valence-electron chi connectivity index (χ4n) is 2.56. The van der Waals surface area contributed by atoms with Gasteiger partial charge in [0.15, 0.2) is 11.5 Å². The average molecular weight is 339 g/mol. The summed E-state index contributed by atoms with van der Waals surface area (Å²) in [5.41, 5.74) is 0.0118. The number of carbonyl (C=O) groups excluding carboxylic acids is 1. The number of carbonyl (C=O) groups is 2. The molecule has 1 amide bonds. The Bertz CT molecular complexity index is 779. The van der Waals surface area contributed by atoms with Crippen molar-refractivity contribution < 1.29 is 19.1 Å². The SMILES string of the molecule is O=C(O)[C@@H]1CCCN1C(=O)c1cn(-c2cccc(Cl)c2F)nn1. The van der Waals surface area contributed by atoms with Crippen molar-refractivity contribution in [3.63, 3.8) is 0 Å². The van der Waals surface area contributed by atoms with E-state index in [1.165, 1.54) is 23.2 Å². The topological polar surface area (TPSA) is 88.3 Å². The molecule has 1 aliphatic rings. The van der Waals surface area contributed by atoms with Crippen LogP contribution in [0, 0.1) is 5.82 Å². The van der Waals surface area contributed by atoms with Gasteiger partial charge in [0.25, 0.3) is 5.91 Å². The number of nitrogens with zero attached hydrogens (tertiary/aromatic N) is 4. The van der Waals surface area contributed by atoms with Crippen molar-refractivity contribution >= 4 is 23.5 Å². The summed E-state index contributed by atoms with van der Waals surface area (Å²) in [5.74, 6) is -2.27. The number of halogens is 2. The molecule has 7 nitrogen and oxygen atoms in total. The smallest absolute Gasteiger partial charge is 0.326 e. The Labute approximate surface area is 135 Å². The number of hydrogen-bond donors (Lipinski definition) is 1. The Balaban J connectivity index is 1.88. The lowest BCUT2D eigenvalue weighted by atomic mass is 10.2. The van der Waals surface area contributed by atoms with E-state index in [2.05, 4.69) is 10.3 Å². The van der Waals surface area contributed by atoms with Crippen molar-refractivity contribution in [1.29, 1.82) is 0 Å². The zero-order chi connectivity index (χ0) is 16.6. The van der Waals surface area contributed by atoms with Crippen LogP contribution in [-0.2, 0) is 4.79 Å². The first-order valence-electron chi connectivity index (χ1n) is 6.89. The van der Waals surface area contributed by atoms with Crippen LogP contribution in [0.15, 0.2) is 24.4 Å². The number of aromatic nitrogens is 3. The number of aliphatic carboxylic acids is 1. The Morgan fingerprint density at radius 1 is 1.39 bits per heavy atom. The second kappa shape index (κ2) is 5.96. The first kappa shape index (κ1) is 15.4. The van der Waals surface area contributed by atoms with E-state index in [4.69, 9.17) is 16.7 Å². The molecule has 1 aromatic carbocycles. The molecule has 0 unspecified atom stereocenters.